The molecule has 0 atom stereocenters. The van der Waals surface area contributed by atoms with Crippen molar-refractivity contribution in [2.24, 2.45) is 0 Å². The third-order valence-corrected chi connectivity index (χ3v) is 7.87. The number of nitrogens with zero attached hydrogens (tertiary/aromatic N) is 2. The van der Waals surface area contributed by atoms with Crippen LogP contribution in [0.15, 0.2) is 42.5 Å². The summed E-state index contributed by atoms with van der Waals surface area (Å²) in [6, 6.07) is 12.2. The van der Waals surface area contributed by atoms with Crippen LogP contribution in [0.3, 0.4) is 0 Å². The number of H-pyrrole nitrogens is 1. The topological polar surface area (TPSA) is 96.5 Å². The largest absolute Gasteiger partial charge is 0.493 e. The SMILES string of the molecule is COc1ccc(CCNCCCN2C(=O)c3c(ccc4[nH]c(-c5ccc(C)c(F)c5F)nc34)C(C)(C)C2=O)cc1OC. The van der Waals surface area contributed by atoms with Crippen LogP contribution in [0.5, 0.6) is 11.5 Å². The molecule has 2 amide bonds. The van der Waals surface area contributed by atoms with Crippen molar-refractivity contribution in [1.29, 1.82) is 0 Å². The van der Waals surface area contributed by atoms with E-state index in [1.54, 1.807) is 40.2 Å². The van der Waals surface area contributed by atoms with Gasteiger partial charge in [0.15, 0.2) is 23.1 Å². The minimum atomic E-state index is -1.01. The van der Waals surface area contributed by atoms with Gasteiger partial charge in [-0.05, 0) is 87.7 Å². The Labute approximate surface area is 243 Å². The predicted octanol–water partition coefficient (Wildman–Crippen LogP) is 5.32. The summed E-state index contributed by atoms with van der Waals surface area (Å²) in [6.45, 7) is 6.59. The molecular weight excluding hydrogens is 542 g/mol. The molecule has 1 aromatic heterocycles. The molecule has 0 aliphatic carbocycles. The average Bonchev–Trinajstić information content (AvgIpc) is 3.42. The van der Waals surface area contributed by atoms with Crippen molar-refractivity contribution in [3.05, 3.63) is 76.4 Å². The molecule has 0 unspecified atom stereocenters. The molecule has 0 spiro atoms. The van der Waals surface area contributed by atoms with E-state index in [9.17, 15) is 18.4 Å². The fraction of sp³-hybridized carbons (Fsp3) is 0.344. The van der Waals surface area contributed by atoms with Crippen LogP contribution in [0.4, 0.5) is 8.78 Å². The van der Waals surface area contributed by atoms with E-state index in [-0.39, 0.29) is 29.4 Å². The summed E-state index contributed by atoms with van der Waals surface area (Å²) in [4.78, 5) is 36.0. The minimum absolute atomic E-state index is 0.0299. The summed E-state index contributed by atoms with van der Waals surface area (Å²) < 4.78 is 39.7. The first kappa shape index (κ1) is 29.2. The fourth-order valence-electron chi connectivity index (χ4n) is 5.41. The number of carbonyl (C=O) groups excluding carboxylic acids is 2. The highest BCUT2D eigenvalue weighted by Crippen LogP contribution is 2.38. The molecule has 4 aromatic rings. The van der Waals surface area contributed by atoms with E-state index in [0.717, 1.165) is 12.0 Å². The molecule has 42 heavy (non-hydrogen) atoms. The van der Waals surface area contributed by atoms with Gasteiger partial charge >= 0.3 is 0 Å². The molecule has 10 heteroatoms. The van der Waals surface area contributed by atoms with Crippen LogP contribution < -0.4 is 14.8 Å². The van der Waals surface area contributed by atoms with Gasteiger partial charge in [0.1, 0.15) is 11.3 Å². The Morgan fingerprint density at radius 3 is 2.48 bits per heavy atom. The number of fused-ring (bicyclic) bond motifs is 3. The Bertz CT molecular complexity index is 1680. The molecule has 8 nitrogen and oxygen atoms in total. The summed E-state index contributed by atoms with van der Waals surface area (Å²) in [7, 11) is 3.20. The van der Waals surface area contributed by atoms with Gasteiger partial charge in [0.05, 0.1) is 36.3 Å². The van der Waals surface area contributed by atoms with E-state index in [0.29, 0.717) is 53.2 Å². The number of rotatable bonds is 10. The lowest BCUT2D eigenvalue weighted by atomic mass is 9.76. The van der Waals surface area contributed by atoms with Crippen LogP contribution in [0.1, 0.15) is 47.3 Å². The maximum atomic E-state index is 14.7. The molecule has 0 fully saturated rings. The van der Waals surface area contributed by atoms with Gasteiger partial charge in [0, 0.05) is 6.54 Å². The molecule has 3 aromatic carbocycles. The molecule has 0 bridgehead atoms. The van der Waals surface area contributed by atoms with Crippen molar-refractivity contribution in [2.75, 3.05) is 33.9 Å². The lowest BCUT2D eigenvalue weighted by Crippen LogP contribution is -2.52. The standard InChI is InChI=1S/C32H34F2N4O4/c1-18-7-9-20(27(34)26(18)33)29-36-22-11-10-21-25(28(22)37-29)30(39)38(31(40)32(21,2)3)16-6-14-35-15-13-19-8-12-23(41-4)24(17-19)42-5/h7-12,17,35H,6,13-16H2,1-5H3,(H,36,37). The van der Waals surface area contributed by atoms with Gasteiger partial charge < -0.3 is 19.8 Å². The van der Waals surface area contributed by atoms with Crippen molar-refractivity contribution in [1.82, 2.24) is 20.2 Å². The number of hydrogen-bond acceptors (Lipinski definition) is 6. The number of ether oxygens (including phenoxy) is 2. The number of aromatic amines is 1. The molecule has 0 saturated heterocycles. The number of nitrogens with one attached hydrogen (secondary N) is 2. The van der Waals surface area contributed by atoms with E-state index in [4.69, 9.17) is 9.47 Å². The number of benzene rings is 3. The van der Waals surface area contributed by atoms with Crippen LogP contribution in [0.2, 0.25) is 0 Å². The Kier molecular flexibility index (Phi) is 8.01. The molecule has 1 aliphatic heterocycles. The van der Waals surface area contributed by atoms with E-state index in [2.05, 4.69) is 15.3 Å². The Morgan fingerprint density at radius 2 is 1.74 bits per heavy atom. The second-order valence-corrected chi connectivity index (χ2v) is 11.0. The number of amides is 2. The van der Waals surface area contributed by atoms with Crippen molar-refractivity contribution >= 4 is 22.8 Å². The predicted molar refractivity (Wildman–Crippen MR) is 156 cm³/mol. The van der Waals surface area contributed by atoms with Crippen LogP contribution in [-0.4, -0.2) is 60.5 Å². The first-order valence-corrected chi connectivity index (χ1v) is 13.8. The number of imidazole rings is 1. The van der Waals surface area contributed by atoms with Gasteiger partial charge in [-0.15, -0.1) is 0 Å². The van der Waals surface area contributed by atoms with Gasteiger partial charge in [-0.25, -0.2) is 13.8 Å². The van der Waals surface area contributed by atoms with E-state index in [1.165, 1.54) is 24.0 Å². The van der Waals surface area contributed by atoms with Gasteiger partial charge in [-0.3, -0.25) is 14.5 Å². The Morgan fingerprint density at radius 1 is 0.976 bits per heavy atom. The number of carbonyl (C=O) groups is 2. The molecule has 220 valence electrons. The van der Waals surface area contributed by atoms with Gasteiger partial charge in [-0.1, -0.05) is 18.2 Å². The first-order valence-electron chi connectivity index (χ1n) is 13.8. The molecule has 1 aliphatic rings. The number of aryl methyl sites for hydroxylation is 1. The molecule has 0 saturated carbocycles. The maximum Gasteiger partial charge on any atom is 0.263 e. The third-order valence-electron chi connectivity index (χ3n) is 7.87. The summed E-state index contributed by atoms with van der Waals surface area (Å²) >= 11 is 0. The normalized spacial score (nSPS) is 14.4. The van der Waals surface area contributed by atoms with Gasteiger partial charge in [0.25, 0.3) is 5.91 Å². The molecule has 2 heterocycles. The van der Waals surface area contributed by atoms with Crippen molar-refractivity contribution in [2.45, 2.75) is 39.0 Å². The summed E-state index contributed by atoms with van der Waals surface area (Å²) in [5.74, 6) is -1.22. The van der Waals surface area contributed by atoms with Crippen molar-refractivity contribution < 1.29 is 27.8 Å². The first-order chi connectivity index (χ1) is 20.1. The van der Waals surface area contributed by atoms with Crippen LogP contribution in [-0.2, 0) is 16.6 Å². The third kappa shape index (κ3) is 5.11. The quantitative estimate of drug-likeness (QED) is 0.196. The highest BCUT2D eigenvalue weighted by molar-refractivity contribution is 6.18. The smallest absolute Gasteiger partial charge is 0.263 e. The number of aromatic nitrogens is 2. The van der Waals surface area contributed by atoms with Crippen LogP contribution >= 0.6 is 0 Å². The monoisotopic (exact) mass is 576 g/mol. The molecule has 5 rings (SSSR count). The van der Waals surface area contributed by atoms with Crippen LogP contribution in [0.25, 0.3) is 22.4 Å². The van der Waals surface area contributed by atoms with Crippen LogP contribution in [0, 0.1) is 18.6 Å². The zero-order valence-electron chi connectivity index (χ0n) is 24.4. The van der Waals surface area contributed by atoms with Gasteiger partial charge in [-0.2, -0.15) is 0 Å². The van der Waals surface area contributed by atoms with E-state index < -0.39 is 23.0 Å². The van der Waals surface area contributed by atoms with E-state index >= 15 is 0 Å². The fourth-order valence-corrected chi connectivity index (χ4v) is 5.41. The maximum absolute atomic E-state index is 14.7. The van der Waals surface area contributed by atoms with Gasteiger partial charge in [0.2, 0.25) is 5.91 Å². The highest BCUT2D eigenvalue weighted by atomic mass is 19.2. The molecule has 0 radical (unpaired) electrons. The zero-order chi connectivity index (χ0) is 30.2. The van der Waals surface area contributed by atoms with E-state index in [1.807, 2.05) is 18.2 Å². The zero-order valence-corrected chi connectivity index (χ0v) is 24.4. The number of hydrogen-bond donors (Lipinski definition) is 2. The summed E-state index contributed by atoms with van der Waals surface area (Å²) in [5, 5.41) is 3.37. The van der Waals surface area contributed by atoms with Crippen molar-refractivity contribution in [3.63, 3.8) is 0 Å². The molecule has 2 N–H and O–H groups in total. The van der Waals surface area contributed by atoms with Crippen molar-refractivity contribution in [3.8, 4) is 22.9 Å². The minimum Gasteiger partial charge on any atom is -0.493 e. The Balaban J connectivity index is 1.30. The second kappa shape index (κ2) is 11.5. The number of halogens is 2. The lowest BCUT2D eigenvalue weighted by molar-refractivity contribution is -0.134. The average molecular weight is 577 g/mol. The molecular formula is C32H34F2N4O4. The lowest BCUT2D eigenvalue weighted by Gasteiger charge is -2.37. The highest BCUT2D eigenvalue weighted by Gasteiger charge is 2.45. The summed E-state index contributed by atoms with van der Waals surface area (Å²) in [6.07, 6.45) is 1.33. The number of methoxy groups -OCH3 is 2. The second-order valence-electron chi connectivity index (χ2n) is 11.0. The summed E-state index contributed by atoms with van der Waals surface area (Å²) in [5.41, 5.74) is 1.96. The Hall–Kier alpha value is -4.31. The number of imide groups is 1.